The minimum absolute atomic E-state index is 0.00940. The highest BCUT2D eigenvalue weighted by Gasteiger charge is 2.14. The summed E-state index contributed by atoms with van der Waals surface area (Å²) in [6.07, 6.45) is 0.693. The first-order valence-corrected chi connectivity index (χ1v) is 5.69. The van der Waals surface area contributed by atoms with Crippen molar-refractivity contribution in [2.45, 2.75) is 13.0 Å². The van der Waals surface area contributed by atoms with E-state index in [0.717, 1.165) is 10.9 Å². The summed E-state index contributed by atoms with van der Waals surface area (Å²) in [5.74, 6) is -1.13. The molecule has 1 rings (SSSR count). The number of aryl methyl sites for hydroxylation is 1. The second-order valence-electron chi connectivity index (χ2n) is 3.23. The van der Waals surface area contributed by atoms with Gasteiger partial charge in [0.2, 0.25) is 6.54 Å². The van der Waals surface area contributed by atoms with Crippen molar-refractivity contribution in [3.05, 3.63) is 45.0 Å². The SMILES string of the molecule is O=C(O)c1cc(CCBr)ccc1C[N+](=O)[O-]. The average molecular weight is 288 g/mol. The molecule has 0 aliphatic heterocycles. The van der Waals surface area contributed by atoms with Gasteiger partial charge in [0, 0.05) is 15.8 Å². The highest BCUT2D eigenvalue weighted by molar-refractivity contribution is 9.09. The summed E-state index contributed by atoms with van der Waals surface area (Å²) in [4.78, 5) is 20.7. The van der Waals surface area contributed by atoms with E-state index in [1.807, 2.05) is 0 Å². The van der Waals surface area contributed by atoms with Gasteiger partial charge in [0.15, 0.2) is 0 Å². The van der Waals surface area contributed by atoms with E-state index in [1.54, 1.807) is 6.07 Å². The van der Waals surface area contributed by atoms with Crippen molar-refractivity contribution in [2.24, 2.45) is 0 Å². The first kappa shape index (κ1) is 12.6. The maximum absolute atomic E-state index is 10.9. The third kappa shape index (κ3) is 3.30. The molecule has 0 spiro atoms. The Morgan fingerprint density at radius 3 is 2.69 bits per heavy atom. The normalized spacial score (nSPS) is 10.1. The van der Waals surface area contributed by atoms with Gasteiger partial charge in [0.25, 0.3) is 0 Å². The number of nitrogens with zero attached hydrogens (tertiary/aromatic N) is 1. The molecular formula is C10H10BrNO4. The molecule has 0 fully saturated rings. The third-order valence-electron chi connectivity index (χ3n) is 2.09. The summed E-state index contributed by atoms with van der Waals surface area (Å²) >= 11 is 3.25. The zero-order valence-electron chi connectivity index (χ0n) is 8.35. The van der Waals surface area contributed by atoms with Crippen molar-refractivity contribution < 1.29 is 14.8 Å². The van der Waals surface area contributed by atoms with E-state index in [-0.39, 0.29) is 11.1 Å². The van der Waals surface area contributed by atoms with Crippen molar-refractivity contribution in [3.8, 4) is 0 Å². The summed E-state index contributed by atoms with van der Waals surface area (Å²) in [6.45, 7) is -0.462. The summed E-state index contributed by atoms with van der Waals surface area (Å²) < 4.78 is 0. The van der Waals surface area contributed by atoms with Crippen LogP contribution in [-0.2, 0) is 13.0 Å². The lowest BCUT2D eigenvalue weighted by atomic mass is 10.0. The molecule has 0 bridgehead atoms. The fourth-order valence-electron chi connectivity index (χ4n) is 1.36. The van der Waals surface area contributed by atoms with Gasteiger partial charge in [-0.1, -0.05) is 28.1 Å². The first-order valence-electron chi connectivity index (χ1n) is 4.57. The summed E-state index contributed by atoms with van der Waals surface area (Å²) in [5, 5.41) is 20.0. The van der Waals surface area contributed by atoms with Crippen LogP contribution in [0.2, 0.25) is 0 Å². The van der Waals surface area contributed by atoms with Crippen molar-refractivity contribution in [3.63, 3.8) is 0 Å². The number of hydrogen-bond donors (Lipinski definition) is 1. The predicted octanol–water partition coefficient (Wildman–Crippen LogP) is 2.10. The Kier molecular flexibility index (Phi) is 4.42. The number of benzene rings is 1. The van der Waals surface area contributed by atoms with Crippen LogP contribution in [0.15, 0.2) is 18.2 Å². The van der Waals surface area contributed by atoms with E-state index in [4.69, 9.17) is 5.11 Å². The van der Waals surface area contributed by atoms with Crippen LogP contribution in [0.1, 0.15) is 21.5 Å². The maximum atomic E-state index is 10.9. The Labute approximate surface area is 100 Å². The number of aromatic carboxylic acids is 1. The Morgan fingerprint density at radius 2 is 2.19 bits per heavy atom. The molecule has 0 aliphatic rings. The van der Waals surface area contributed by atoms with Crippen LogP contribution in [-0.4, -0.2) is 21.3 Å². The molecular weight excluding hydrogens is 278 g/mol. The molecule has 0 saturated carbocycles. The van der Waals surface area contributed by atoms with Gasteiger partial charge in [-0.2, -0.15) is 0 Å². The van der Waals surface area contributed by atoms with E-state index < -0.39 is 17.4 Å². The van der Waals surface area contributed by atoms with Crippen molar-refractivity contribution in [2.75, 3.05) is 5.33 Å². The third-order valence-corrected chi connectivity index (χ3v) is 2.48. The first-order chi connectivity index (χ1) is 7.54. The lowest BCUT2D eigenvalue weighted by Gasteiger charge is -2.04. The molecule has 0 radical (unpaired) electrons. The molecule has 5 nitrogen and oxygen atoms in total. The number of carbonyl (C=O) groups is 1. The average Bonchev–Trinajstić information content (AvgIpc) is 2.19. The molecule has 1 N–H and O–H groups in total. The van der Waals surface area contributed by atoms with Crippen LogP contribution < -0.4 is 0 Å². The second-order valence-corrected chi connectivity index (χ2v) is 4.02. The van der Waals surface area contributed by atoms with Gasteiger partial charge < -0.3 is 5.11 Å². The quantitative estimate of drug-likeness (QED) is 0.511. The van der Waals surface area contributed by atoms with Gasteiger partial charge in [0.1, 0.15) is 0 Å². The van der Waals surface area contributed by atoms with E-state index in [1.165, 1.54) is 12.1 Å². The molecule has 0 saturated heterocycles. The molecule has 1 aromatic rings. The van der Waals surface area contributed by atoms with Crippen LogP contribution in [0, 0.1) is 10.1 Å². The zero-order valence-corrected chi connectivity index (χ0v) is 9.94. The molecule has 1 aromatic carbocycles. The molecule has 0 heterocycles. The van der Waals surface area contributed by atoms with Gasteiger partial charge >= 0.3 is 5.97 Å². The molecule has 0 atom stereocenters. The molecule has 6 heteroatoms. The highest BCUT2D eigenvalue weighted by atomic mass is 79.9. The molecule has 0 amide bonds. The predicted molar refractivity (Wildman–Crippen MR) is 61.6 cm³/mol. The number of carboxylic acid groups (broad SMARTS) is 1. The van der Waals surface area contributed by atoms with Crippen molar-refractivity contribution in [1.82, 2.24) is 0 Å². The standard InChI is InChI=1S/C10H10BrNO4/c11-4-3-7-1-2-8(6-12(15)16)9(5-7)10(13)14/h1-2,5H,3-4,6H2,(H,13,14). The van der Waals surface area contributed by atoms with Gasteiger partial charge in [-0.15, -0.1) is 0 Å². The number of halogens is 1. The summed E-state index contributed by atoms with van der Waals surface area (Å²) in [7, 11) is 0. The number of carboxylic acids is 1. The Hall–Kier alpha value is -1.43. The molecule has 16 heavy (non-hydrogen) atoms. The molecule has 0 aromatic heterocycles. The van der Waals surface area contributed by atoms with E-state index >= 15 is 0 Å². The lowest BCUT2D eigenvalue weighted by molar-refractivity contribution is -0.496. The lowest BCUT2D eigenvalue weighted by Crippen LogP contribution is -2.08. The topological polar surface area (TPSA) is 80.4 Å². The fraction of sp³-hybridized carbons (Fsp3) is 0.300. The summed E-state index contributed by atoms with van der Waals surface area (Å²) in [5.41, 5.74) is 1.09. The van der Waals surface area contributed by atoms with Gasteiger partial charge in [0.05, 0.1) is 5.56 Å². The summed E-state index contributed by atoms with van der Waals surface area (Å²) in [6, 6.07) is 4.71. The van der Waals surface area contributed by atoms with Crippen LogP contribution in [0.5, 0.6) is 0 Å². The minimum Gasteiger partial charge on any atom is -0.478 e. The van der Waals surface area contributed by atoms with Crippen molar-refractivity contribution >= 4 is 21.9 Å². The van der Waals surface area contributed by atoms with Crippen LogP contribution >= 0.6 is 15.9 Å². The minimum atomic E-state index is -1.13. The number of hydrogen-bond acceptors (Lipinski definition) is 3. The van der Waals surface area contributed by atoms with Crippen LogP contribution in [0.3, 0.4) is 0 Å². The number of rotatable bonds is 5. The van der Waals surface area contributed by atoms with Gasteiger partial charge in [-0.25, -0.2) is 4.79 Å². The largest absolute Gasteiger partial charge is 0.478 e. The fourth-order valence-corrected chi connectivity index (χ4v) is 1.82. The highest BCUT2D eigenvalue weighted by Crippen LogP contribution is 2.14. The van der Waals surface area contributed by atoms with Crippen LogP contribution in [0.25, 0.3) is 0 Å². The maximum Gasteiger partial charge on any atom is 0.336 e. The van der Waals surface area contributed by atoms with E-state index in [2.05, 4.69) is 15.9 Å². The van der Waals surface area contributed by atoms with Crippen molar-refractivity contribution in [1.29, 1.82) is 0 Å². The monoisotopic (exact) mass is 287 g/mol. The Balaban J connectivity index is 3.08. The van der Waals surface area contributed by atoms with Crippen LogP contribution in [0.4, 0.5) is 0 Å². The smallest absolute Gasteiger partial charge is 0.336 e. The zero-order chi connectivity index (χ0) is 12.1. The number of alkyl halides is 1. The Morgan fingerprint density at radius 1 is 1.50 bits per heavy atom. The Bertz CT molecular complexity index is 419. The second kappa shape index (κ2) is 5.60. The van der Waals surface area contributed by atoms with E-state index in [0.29, 0.717) is 6.42 Å². The van der Waals surface area contributed by atoms with E-state index in [9.17, 15) is 14.9 Å². The molecule has 0 unspecified atom stereocenters. The number of nitro groups is 1. The van der Waals surface area contributed by atoms with Gasteiger partial charge in [-0.05, 0) is 18.1 Å². The van der Waals surface area contributed by atoms with Gasteiger partial charge in [-0.3, -0.25) is 10.1 Å². The molecule has 0 aliphatic carbocycles. The molecule has 86 valence electrons.